The highest BCUT2D eigenvalue weighted by Gasteiger charge is 2.37. The molecule has 0 aromatic rings. The Bertz CT molecular complexity index is 171. The maximum Gasteiger partial charge on any atom is 0.157 e. The van der Waals surface area contributed by atoms with E-state index in [1.54, 1.807) is 0 Å². The minimum Gasteiger partial charge on any atom is -0.368 e. The summed E-state index contributed by atoms with van der Waals surface area (Å²) in [5.41, 5.74) is 0. The molecule has 0 spiro atoms. The molecule has 0 aliphatic carbocycles. The SMILES string of the molecule is ClC[C@@H]1O[C@H]1CCOC1CCCCO1. The first-order chi connectivity index (χ1) is 6.90. The van der Waals surface area contributed by atoms with Crippen molar-refractivity contribution in [2.45, 2.75) is 44.2 Å². The first-order valence-corrected chi connectivity index (χ1v) is 5.88. The predicted molar refractivity (Wildman–Crippen MR) is 53.5 cm³/mol. The van der Waals surface area contributed by atoms with Crippen LogP contribution < -0.4 is 0 Å². The van der Waals surface area contributed by atoms with Crippen molar-refractivity contribution in [3.63, 3.8) is 0 Å². The zero-order valence-corrected chi connectivity index (χ0v) is 9.04. The third-order valence-electron chi connectivity index (χ3n) is 2.68. The van der Waals surface area contributed by atoms with E-state index in [2.05, 4.69) is 0 Å². The monoisotopic (exact) mass is 220 g/mol. The largest absolute Gasteiger partial charge is 0.368 e. The molecule has 2 aliphatic heterocycles. The summed E-state index contributed by atoms with van der Waals surface area (Å²) in [5, 5.41) is 0. The van der Waals surface area contributed by atoms with E-state index < -0.39 is 0 Å². The van der Waals surface area contributed by atoms with Gasteiger partial charge in [0.1, 0.15) is 0 Å². The lowest BCUT2D eigenvalue weighted by molar-refractivity contribution is -0.163. The molecule has 0 saturated carbocycles. The van der Waals surface area contributed by atoms with Gasteiger partial charge in [-0.15, -0.1) is 11.6 Å². The van der Waals surface area contributed by atoms with E-state index >= 15 is 0 Å². The fourth-order valence-electron chi connectivity index (χ4n) is 1.73. The Morgan fingerprint density at radius 1 is 1.29 bits per heavy atom. The van der Waals surface area contributed by atoms with Crippen LogP contribution in [0.2, 0.25) is 0 Å². The van der Waals surface area contributed by atoms with Crippen molar-refractivity contribution in [2.24, 2.45) is 0 Å². The summed E-state index contributed by atoms with van der Waals surface area (Å²) in [6.45, 7) is 1.57. The third kappa shape index (κ3) is 3.09. The Kier molecular flexibility index (Phi) is 4.05. The molecule has 0 aromatic heterocycles. The zero-order chi connectivity index (χ0) is 9.80. The van der Waals surface area contributed by atoms with E-state index in [0.717, 1.165) is 26.1 Å². The molecule has 4 heteroatoms. The van der Waals surface area contributed by atoms with E-state index in [1.165, 1.54) is 12.8 Å². The molecule has 0 bridgehead atoms. The molecule has 0 amide bonds. The van der Waals surface area contributed by atoms with Crippen molar-refractivity contribution >= 4 is 11.6 Å². The van der Waals surface area contributed by atoms with Gasteiger partial charge in [0, 0.05) is 6.61 Å². The summed E-state index contributed by atoms with van der Waals surface area (Å²) in [6.07, 6.45) is 4.98. The first-order valence-electron chi connectivity index (χ1n) is 5.35. The second kappa shape index (κ2) is 5.31. The average molecular weight is 221 g/mol. The molecule has 2 fully saturated rings. The normalized spacial score (nSPS) is 37.1. The van der Waals surface area contributed by atoms with Crippen molar-refractivity contribution in [1.82, 2.24) is 0 Å². The van der Waals surface area contributed by atoms with Crippen LogP contribution in [0.4, 0.5) is 0 Å². The van der Waals surface area contributed by atoms with Gasteiger partial charge in [0.2, 0.25) is 0 Å². The number of rotatable bonds is 5. The van der Waals surface area contributed by atoms with Crippen LogP contribution in [0.3, 0.4) is 0 Å². The van der Waals surface area contributed by atoms with Gasteiger partial charge in [-0.1, -0.05) is 0 Å². The molecule has 3 atom stereocenters. The molecular weight excluding hydrogens is 204 g/mol. The van der Waals surface area contributed by atoms with Gasteiger partial charge in [-0.2, -0.15) is 0 Å². The molecule has 0 radical (unpaired) electrons. The number of hydrogen-bond donors (Lipinski definition) is 0. The molecule has 1 unspecified atom stereocenters. The standard InChI is InChI=1S/C10H17ClO3/c11-7-9-8(14-9)4-6-13-10-3-1-2-5-12-10/h8-10H,1-7H2/t8-,9-,10?/m0/s1. The van der Waals surface area contributed by atoms with Gasteiger partial charge >= 0.3 is 0 Å². The minimum atomic E-state index is 0.0250. The third-order valence-corrected chi connectivity index (χ3v) is 2.99. The first kappa shape index (κ1) is 10.7. The van der Waals surface area contributed by atoms with Crippen LogP contribution in [0.15, 0.2) is 0 Å². The number of alkyl halides is 1. The summed E-state index contributed by atoms with van der Waals surface area (Å²) in [4.78, 5) is 0. The predicted octanol–water partition coefficient (Wildman–Crippen LogP) is 1.93. The lowest BCUT2D eigenvalue weighted by Crippen LogP contribution is -2.23. The quantitative estimate of drug-likeness (QED) is 0.524. The van der Waals surface area contributed by atoms with Crippen LogP contribution in [-0.4, -0.2) is 37.6 Å². The number of ether oxygens (including phenoxy) is 3. The van der Waals surface area contributed by atoms with Gasteiger partial charge in [0.15, 0.2) is 6.29 Å². The number of hydrogen-bond acceptors (Lipinski definition) is 3. The van der Waals surface area contributed by atoms with E-state index in [1.807, 2.05) is 0 Å². The van der Waals surface area contributed by atoms with Crippen LogP contribution in [0, 0.1) is 0 Å². The highest BCUT2D eigenvalue weighted by Crippen LogP contribution is 2.26. The Morgan fingerprint density at radius 3 is 2.86 bits per heavy atom. The zero-order valence-electron chi connectivity index (χ0n) is 8.28. The summed E-state index contributed by atoms with van der Waals surface area (Å²) in [7, 11) is 0. The molecule has 2 heterocycles. The summed E-state index contributed by atoms with van der Waals surface area (Å²) < 4.78 is 16.3. The van der Waals surface area contributed by atoms with Gasteiger partial charge < -0.3 is 14.2 Å². The molecular formula is C10H17ClO3. The van der Waals surface area contributed by atoms with Gasteiger partial charge in [0.05, 0.1) is 24.7 Å². The maximum absolute atomic E-state index is 5.63. The highest BCUT2D eigenvalue weighted by molar-refractivity contribution is 6.18. The summed E-state index contributed by atoms with van der Waals surface area (Å²) in [6, 6.07) is 0. The molecule has 2 aliphatic rings. The smallest absolute Gasteiger partial charge is 0.157 e. The Labute approximate surface area is 89.7 Å². The molecule has 0 aromatic carbocycles. The van der Waals surface area contributed by atoms with Crippen molar-refractivity contribution in [2.75, 3.05) is 19.1 Å². The Balaban J connectivity index is 1.50. The topological polar surface area (TPSA) is 31.0 Å². The molecule has 3 nitrogen and oxygen atoms in total. The second-order valence-electron chi connectivity index (χ2n) is 3.82. The number of halogens is 1. The van der Waals surface area contributed by atoms with Crippen LogP contribution in [-0.2, 0) is 14.2 Å². The second-order valence-corrected chi connectivity index (χ2v) is 4.13. The van der Waals surface area contributed by atoms with Crippen molar-refractivity contribution in [3.8, 4) is 0 Å². The lowest BCUT2D eigenvalue weighted by atomic mass is 10.2. The summed E-state index contributed by atoms with van der Waals surface area (Å²) >= 11 is 5.63. The molecule has 14 heavy (non-hydrogen) atoms. The van der Waals surface area contributed by atoms with E-state index in [0.29, 0.717) is 12.0 Å². The van der Waals surface area contributed by atoms with Crippen LogP contribution >= 0.6 is 11.6 Å². The minimum absolute atomic E-state index is 0.0250. The van der Waals surface area contributed by atoms with Crippen molar-refractivity contribution < 1.29 is 14.2 Å². The lowest BCUT2D eigenvalue weighted by Gasteiger charge is -2.22. The molecule has 82 valence electrons. The van der Waals surface area contributed by atoms with Gasteiger partial charge in [0.25, 0.3) is 0 Å². The Hall–Kier alpha value is 0.170. The van der Waals surface area contributed by atoms with Crippen LogP contribution in [0.5, 0.6) is 0 Å². The van der Waals surface area contributed by atoms with Crippen molar-refractivity contribution in [1.29, 1.82) is 0 Å². The van der Waals surface area contributed by atoms with E-state index in [4.69, 9.17) is 25.8 Å². The fourth-order valence-corrected chi connectivity index (χ4v) is 2.00. The van der Waals surface area contributed by atoms with E-state index in [-0.39, 0.29) is 12.4 Å². The molecule has 2 saturated heterocycles. The van der Waals surface area contributed by atoms with Crippen LogP contribution in [0.25, 0.3) is 0 Å². The van der Waals surface area contributed by atoms with Gasteiger partial charge in [-0.25, -0.2) is 0 Å². The molecule has 2 rings (SSSR count). The maximum atomic E-state index is 5.63. The highest BCUT2D eigenvalue weighted by atomic mass is 35.5. The summed E-state index contributed by atoms with van der Waals surface area (Å²) in [5.74, 6) is 0.602. The Morgan fingerprint density at radius 2 is 2.21 bits per heavy atom. The van der Waals surface area contributed by atoms with E-state index in [9.17, 15) is 0 Å². The van der Waals surface area contributed by atoms with Gasteiger partial charge in [-0.05, 0) is 25.7 Å². The van der Waals surface area contributed by atoms with Crippen molar-refractivity contribution in [3.05, 3.63) is 0 Å². The average Bonchev–Trinajstić information content (AvgIpc) is 2.98. The van der Waals surface area contributed by atoms with Crippen LogP contribution in [0.1, 0.15) is 25.7 Å². The molecule has 0 N–H and O–H groups in total. The fraction of sp³-hybridized carbons (Fsp3) is 1.00. The number of epoxide rings is 1. The van der Waals surface area contributed by atoms with Gasteiger partial charge in [-0.3, -0.25) is 0 Å².